The highest BCUT2D eigenvalue weighted by Gasteiger charge is 2.15. The number of rotatable bonds is 2. The third-order valence-electron chi connectivity index (χ3n) is 2.50. The highest BCUT2D eigenvalue weighted by atomic mass is 32.1. The van der Waals surface area contributed by atoms with E-state index in [9.17, 15) is 0 Å². The van der Waals surface area contributed by atoms with E-state index in [2.05, 4.69) is 11.1 Å². The molecule has 0 N–H and O–H groups in total. The molecule has 0 atom stereocenters. The minimum atomic E-state index is 0.363. The van der Waals surface area contributed by atoms with Gasteiger partial charge in [0.2, 0.25) is 0 Å². The van der Waals surface area contributed by atoms with E-state index in [0.29, 0.717) is 13.0 Å². The highest BCUT2D eigenvalue weighted by molar-refractivity contribution is 7.10. The van der Waals surface area contributed by atoms with E-state index < -0.39 is 0 Å². The van der Waals surface area contributed by atoms with E-state index in [0.717, 1.165) is 27.6 Å². The molecule has 2 heterocycles. The Morgan fingerprint density at radius 2 is 2.41 bits per heavy atom. The SMILES string of the molecule is N#CCc1nc(-c2ccc3c(c2)COO3)cs1. The van der Waals surface area contributed by atoms with Gasteiger partial charge in [0, 0.05) is 16.5 Å². The van der Waals surface area contributed by atoms with Crippen molar-refractivity contribution in [2.75, 3.05) is 0 Å². The smallest absolute Gasteiger partial charge is 0.171 e. The van der Waals surface area contributed by atoms with Gasteiger partial charge in [-0.05, 0) is 18.2 Å². The molecule has 17 heavy (non-hydrogen) atoms. The van der Waals surface area contributed by atoms with Gasteiger partial charge in [-0.3, -0.25) is 0 Å². The lowest BCUT2D eigenvalue weighted by Crippen LogP contribution is -1.83. The Morgan fingerprint density at radius 1 is 1.47 bits per heavy atom. The summed E-state index contributed by atoms with van der Waals surface area (Å²) in [5.74, 6) is 0.765. The summed E-state index contributed by atoms with van der Waals surface area (Å²) in [7, 11) is 0. The minimum absolute atomic E-state index is 0.363. The maximum Gasteiger partial charge on any atom is 0.171 e. The van der Waals surface area contributed by atoms with Crippen molar-refractivity contribution in [3.05, 3.63) is 34.2 Å². The van der Waals surface area contributed by atoms with E-state index in [-0.39, 0.29) is 0 Å². The zero-order valence-electron chi connectivity index (χ0n) is 8.84. The van der Waals surface area contributed by atoms with Gasteiger partial charge < -0.3 is 4.89 Å². The van der Waals surface area contributed by atoms with Crippen LogP contribution in [0.2, 0.25) is 0 Å². The molecule has 0 unspecified atom stereocenters. The monoisotopic (exact) mass is 244 g/mol. The number of hydrogen-bond acceptors (Lipinski definition) is 5. The molecular formula is C12H8N2O2S. The van der Waals surface area contributed by atoms with Crippen LogP contribution < -0.4 is 4.89 Å². The molecule has 0 saturated carbocycles. The van der Waals surface area contributed by atoms with E-state index in [4.69, 9.17) is 15.0 Å². The number of nitrogens with zero attached hydrogens (tertiary/aromatic N) is 2. The minimum Gasteiger partial charge on any atom is -0.337 e. The number of benzene rings is 1. The van der Waals surface area contributed by atoms with E-state index in [1.54, 1.807) is 0 Å². The summed E-state index contributed by atoms with van der Waals surface area (Å²) < 4.78 is 0. The summed E-state index contributed by atoms with van der Waals surface area (Å²) in [6.07, 6.45) is 0.363. The van der Waals surface area contributed by atoms with Crippen LogP contribution in [0.4, 0.5) is 0 Å². The van der Waals surface area contributed by atoms with Gasteiger partial charge in [-0.1, -0.05) is 0 Å². The summed E-state index contributed by atoms with van der Waals surface area (Å²) in [6.45, 7) is 0.471. The lowest BCUT2D eigenvalue weighted by molar-refractivity contribution is -0.194. The average molecular weight is 244 g/mol. The summed E-state index contributed by atoms with van der Waals surface area (Å²) in [5, 5.41) is 11.4. The maximum atomic E-state index is 8.61. The first kappa shape index (κ1) is 10.3. The summed E-state index contributed by atoms with van der Waals surface area (Å²) in [6, 6.07) is 7.92. The molecule has 1 aliphatic rings. The van der Waals surface area contributed by atoms with Gasteiger partial charge in [-0.2, -0.15) is 10.1 Å². The number of thiazole rings is 1. The van der Waals surface area contributed by atoms with Crippen molar-refractivity contribution in [3.8, 4) is 23.1 Å². The fraction of sp³-hybridized carbons (Fsp3) is 0.167. The van der Waals surface area contributed by atoms with Gasteiger partial charge in [-0.25, -0.2) is 4.98 Å². The number of fused-ring (bicyclic) bond motifs is 1. The Kier molecular flexibility index (Phi) is 2.52. The second-order valence-corrected chi connectivity index (χ2v) is 4.57. The molecule has 84 valence electrons. The molecule has 0 spiro atoms. The fourth-order valence-corrected chi connectivity index (χ4v) is 2.42. The van der Waals surface area contributed by atoms with Crippen LogP contribution in [0, 0.1) is 11.3 Å². The van der Waals surface area contributed by atoms with E-state index in [1.165, 1.54) is 11.3 Å². The van der Waals surface area contributed by atoms with Crippen LogP contribution in [-0.4, -0.2) is 4.98 Å². The largest absolute Gasteiger partial charge is 0.337 e. The molecule has 0 bridgehead atoms. The number of nitriles is 1. The van der Waals surface area contributed by atoms with Crippen LogP contribution >= 0.6 is 11.3 Å². The van der Waals surface area contributed by atoms with Crippen LogP contribution in [0.5, 0.6) is 5.75 Å². The van der Waals surface area contributed by atoms with Crippen molar-refractivity contribution in [3.63, 3.8) is 0 Å². The second kappa shape index (κ2) is 4.17. The molecule has 2 aromatic rings. The summed E-state index contributed by atoms with van der Waals surface area (Å²) in [5.41, 5.74) is 2.95. The van der Waals surface area contributed by atoms with Crippen LogP contribution in [-0.2, 0) is 17.9 Å². The van der Waals surface area contributed by atoms with Crippen molar-refractivity contribution in [1.82, 2.24) is 4.98 Å². The number of hydrogen-bond donors (Lipinski definition) is 0. The van der Waals surface area contributed by atoms with Crippen LogP contribution in [0.3, 0.4) is 0 Å². The normalized spacial score (nSPS) is 12.9. The van der Waals surface area contributed by atoms with Crippen molar-refractivity contribution >= 4 is 11.3 Å². The zero-order chi connectivity index (χ0) is 11.7. The Hall–Kier alpha value is -1.90. The van der Waals surface area contributed by atoms with Crippen molar-refractivity contribution < 1.29 is 9.78 Å². The second-order valence-electron chi connectivity index (χ2n) is 3.63. The first-order valence-electron chi connectivity index (χ1n) is 5.11. The van der Waals surface area contributed by atoms with Crippen molar-refractivity contribution in [2.45, 2.75) is 13.0 Å². The lowest BCUT2D eigenvalue weighted by Gasteiger charge is -1.98. The zero-order valence-corrected chi connectivity index (χ0v) is 9.66. The highest BCUT2D eigenvalue weighted by Crippen LogP contribution is 2.31. The lowest BCUT2D eigenvalue weighted by atomic mass is 10.1. The molecule has 4 nitrogen and oxygen atoms in total. The Bertz CT molecular complexity index is 601. The predicted molar refractivity (Wildman–Crippen MR) is 62.3 cm³/mol. The van der Waals surface area contributed by atoms with E-state index >= 15 is 0 Å². The molecule has 3 rings (SSSR count). The summed E-state index contributed by atoms with van der Waals surface area (Å²) >= 11 is 1.51. The average Bonchev–Trinajstić information content (AvgIpc) is 2.96. The first-order chi connectivity index (χ1) is 8.36. The van der Waals surface area contributed by atoms with Gasteiger partial charge in [-0.15, -0.1) is 11.3 Å². The molecule has 1 aromatic carbocycles. The van der Waals surface area contributed by atoms with Gasteiger partial charge in [0.25, 0.3) is 0 Å². The third kappa shape index (κ3) is 1.88. The van der Waals surface area contributed by atoms with Crippen LogP contribution in [0.15, 0.2) is 23.6 Å². The molecule has 5 heteroatoms. The van der Waals surface area contributed by atoms with Crippen LogP contribution in [0.1, 0.15) is 10.6 Å². The molecule has 1 aliphatic heterocycles. The Balaban J connectivity index is 1.95. The quantitative estimate of drug-likeness (QED) is 0.762. The third-order valence-corrected chi connectivity index (χ3v) is 3.35. The Labute approximate surface area is 102 Å². The summed E-state index contributed by atoms with van der Waals surface area (Å²) in [4.78, 5) is 14.3. The standard InChI is InChI=1S/C12H8N2O2S/c13-4-3-12-14-10(7-17-12)8-1-2-11-9(5-8)6-15-16-11/h1-2,5,7H,3,6H2. The van der Waals surface area contributed by atoms with E-state index in [1.807, 2.05) is 23.6 Å². The van der Waals surface area contributed by atoms with Gasteiger partial charge in [0.1, 0.15) is 11.6 Å². The molecule has 0 radical (unpaired) electrons. The van der Waals surface area contributed by atoms with Crippen molar-refractivity contribution in [2.24, 2.45) is 0 Å². The molecule has 0 amide bonds. The fourth-order valence-electron chi connectivity index (χ4n) is 1.68. The topological polar surface area (TPSA) is 55.1 Å². The maximum absolute atomic E-state index is 8.61. The van der Waals surface area contributed by atoms with Gasteiger partial charge in [0.15, 0.2) is 5.75 Å². The molecule has 0 fully saturated rings. The molecule has 0 saturated heterocycles. The number of aromatic nitrogens is 1. The molecule has 1 aromatic heterocycles. The van der Waals surface area contributed by atoms with Gasteiger partial charge in [0.05, 0.1) is 18.2 Å². The van der Waals surface area contributed by atoms with Crippen molar-refractivity contribution in [1.29, 1.82) is 5.26 Å². The Morgan fingerprint density at radius 3 is 3.29 bits per heavy atom. The molecular weight excluding hydrogens is 236 g/mol. The van der Waals surface area contributed by atoms with Crippen LogP contribution in [0.25, 0.3) is 11.3 Å². The van der Waals surface area contributed by atoms with Gasteiger partial charge >= 0.3 is 0 Å². The molecule has 0 aliphatic carbocycles. The predicted octanol–water partition coefficient (Wildman–Crippen LogP) is 2.70. The first-order valence-corrected chi connectivity index (χ1v) is 5.99.